The van der Waals surface area contributed by atoms with Gasteiger partial charge >= 0.3 is 0 Å². The van der Waals surface area contributed by atoms with Gasteiger partial charge in [-0.1, -0.05) is 6.92 Å². The predicted octanol–water partition coefficient (Wildman–Crippen LogP) is 1.23. The number of hydrogen-bond acceptors (Lipinski definition) is 0. The van der Waals surface area contributed by atoms with E-state index in [1.54, 1.807) is 0 Å². The molecule has 0 aliphatic carbocycles. The van der Waals surface area contributed by atoms with Gasteiger partial charge in [-0.15, -0.1) is 0 Å². The monoisotopic (exact) mass is 112 g/mol. The van der Waals surface area contributed by atoms with Crippen molar-refractivity contribution >= 4 is 0 Å². The number of quaternary nitrogens is 1. The average Bonchev–Trinajstić information content (AvgIpc) is 1.82. The summed E-state index contributed by atoms with van der Waals surface area (Å²) in [4.78, 5) is 0. The summed E-state index contributed by atoms with van der Waals surface area (Å²) in [6.45, 7) is 3.52. The second-order valence-electron chi connectivity index (χ2n) is 3.28. The first-order valence-corrected chi connectivity index (χ1v) is 3.12. The van der Waals surface area contributed by atoms with Gasteiger partial charge in [0.1, 0.15) is 0 Å². The van der Waals surface area contributed by atoms with E-state index < -0.39 is 0 Å². The Kier molecular flexibility index (Phi) is 1.16. The summed E-state index contributed by atoms with van der Waals surface area (Å²) in [6, 6.07) is 0. The first-order valence-electron chi connectivity index (χ1n) is 3.12. The quantitative estimate of drug-likeness (QED) is 0.413. The zero-order valence-corrected chi connectivity index (χ0v) is 5.89. The van der Waals surface area contributed by atoms with E-state index in [9.17, 15) is 0 Å². The molecule has 1 aliphatic rings. The highest BCUT2D eigenvalue weighted by Crippen LogP contribution is 2.15. The zero-order chi connectivity index (χ0) is 6.20. The van der Waals surface area contributed by atoms with Gasteiger partial charge in [0.25, 0.3) is 0 Å². The normalized spacial score (nSPS) is 33.6. The third kappa shape index (κ3) is 1.10. The molecule has 46 valence electrons. The molecule has 0 unspecified atom stereocenters. The molecule has 0 aromatic carbocycles. The van der Waals surface area contributed by atoms with Crippen LogP contribution in [0.5, 0.6) is 0 Å². The van der Waals surface area contributed by atoms with Crippen molar-refractivity contribution in [2.45, 2.75) is 6.92 Å². The van der Waals surface area contributed by atoms with Gasteiger partial charge in [0, 0.05) is 5.92 Å². The van der Waals surface area contributed by atoms with Crippen molar-refractivity contribution in [1.29, 1.82) is 0 Å². The minimum absolute atomic E-state index is 0.782. The lowest BCUT2D eigenvalue weighted by molar-refractivity contribution is -0.835. The number of hydrogen-bond donors (Lipinski definition) is 0. The molecule has 1 aliphatic heterocycles. The SMILES string of the molecule is C[C@H]1C=C[N+](C)(C)C1. The highest BCUT2D eigenvalue weighted by Gasteiger charge is 2.20. The van der Waals surface area contributed by atoms with Gasteiger partial charge in [-0.3, -0.25) is 0 Å². The lowest BCUT2D eigenvalue weighted by Crippen LogP contribution is -2.32. The van der Waals surface area contributed by atoms with Crippen molar-refractivity contribution in [3.63, 3.8) is 0 Å². The van der Waals surface area contributed by atoms with Crippen LogP contribution in [0.4, 0.5) is 0 Å². The Hall–Kier alpha value is -0.300. The summed E-state index contributed by atoms with van der Waals surface area (Å²) in [6.07, 6.45) is 4.53. The minimum atomic E-state index is 0.782. The van der Waals surface area contributed by atoms with Gasteiger partial charge in [0.2, 0.25) is 0 Å². The average molecular weight is 112 g/mol. The Labute approximate surface area is 51.2 Å². The molecular formula is C7H14N+. The van der Waals surface area contributed by atoms with E-state index in [1.807, 2.05) is 0 Å². The van der Waals surface area contributed by atoms with Gasteiger partial charge in [0.05, 0.1) is 26.8 Å². The van der Waals surface area contributed by atoms with Crippen LogP contribution >= 0.6 is 0 Å². The van der Waals surface area contributed by atoms with E-state index in [0.29, 0.717) is 0 Å². The molecule has 0 aromatic heterocycles. The summed E-state index contributed by atoms with van der Waals surface area (Å²) >= 11 is 0. The maximum absolute atomic E-state index is 2.28. The second kappa shape index (κ2) is 1.59. The topological polar surface area (TPSA) is 0 Å². The molecule has 1 heterocycles. The molecule has 0 radical (unpaired) electrons. The van der Waals surface area contributed by atoms with Crippen LogP contribution in [0, 0.1) is 5.92 Å². The van der Waals surface area contributed by atoms with Crippen molar-refractivity contribution in [3.8, 4) is 0 Å². The van der Waals surface area contributed by atoms with Crippen LogP contribution in [-0.4, -0.2) is 25.1 Å². The van der Waals surface area contributed by atoms with E-state index in [1.165, 1.54) is 6.54 Å². The van der Waals surface area contributed by atoms with E-state index >= 15 is 0 Å². The summed E-state index contributed by atoms with van der Waals surface area (Å²) in [5.41, 5.74) is 0. The van der Waals surface area contributed by atoms with Gasteiger partial charge in [-0.25, -0.2) is 0 Å². The fourth-order valence-corrected chi connectivity index (χ4v) is 1.24. The second-order valence-corrected chi connectivity index (χ2v) is 3.28. The molecule has 0 bridgehead atoms. The zero-order valence-electron chi connectivity index (χ0n) is 5.89. The Morgan fingerprint density at radius 3 is 2.25 bits per heavy atom. The lowest BCUT2D eigenvalue weighted by atomic mass is 10.2. The Morgan fingerprint density at radius 1 is 1.50 bits per heavy atom. The van der Waals surface area contributed by atoms with Gasteiger partial charge in [0.15, 0.2) is 0 Å². The van der Waals surface area contributed by atoms with Crippen molar-refractivity contribution in [2.75, 3.05) is 20.6 Å². The Balaban J connectivity index is 2.58. The van der Waals surface area contributed by atoms with Crippen molar-refractivity contribution < 1.29 is 4.48 Å². The molecule has 0 amide bonds. The van der Waals surface area contributed by atoms with Crippen LogP contribution in [0.25, 0.3) is 0 Å². The molecule has 1 nitrogen and oxygen atoms in total. The molecule has 0 spiro atoms. The van der Waals surface area contributed by atoms with Crippen molar-refractivity contribution in [3.05, 3.63) is 12.3 Å². The Morgan fingerprint density at radius 2 is 2.12 bits per heavy atom. The molecule has 1 rings (SSSR count). The largest absolute Gasteiger partial charge is 0.302 e. The fourth-order valence-electron chi connectivity index (χ4n) is 1.24. The first-order chi connectivity index (χ1) is 3.60. The predicted molar refractivity (Wildman–Crippen MR) is 35.3 cm³/mol. The van der Waals surface area contributed by atoms with Crippen LogP contribution < -0.4 is 0 Å². The van der Waals surface area contributed by atoms with Crippen molar-refractivity contribution in [2.24, 2.45) is 5.92 Å². The molecule has 0 saturated heterocycles. The number of nitrogens with zero attached hydrogens (tertiary/aromatic N) is 1. The van der Waals surface area contributed by atoms with Crippen LogP contribution in [-0.2, 0) is 0 Å². The third-order valence-electron chi connectivity index (χ3n) is 1.58. The van der Waals surface area contributed by atoms with Crippen LogP contribution in [0.2, 0.25) is 0 Å². The van der Waals surface area contributed by atoms with Gasteiger partial charge < -0.3 is 4.48 Å². The molecule has 0 N–H and O–H groups in total. The van der Waals surface area contributed by atoms with Gasteiger partial charge in [-0.05, 0) is 6.08 Å². The molecule has 1 atom stereocenters. The lowest BCUT2D eigenvalue weighted by Gasteiger charge is -2.20. The first kappa shape index (κ1) is 5.83. The highest BCUT2D eigenvalue weighted by atomic mass is 15.3. The molecule has 1 heteroatoms. The summed E-state index contributed by atoms with van der Waals surface area (Å²) in [5.74, 6) is 0.782. The van der Waals surface area contributed by atoms with E-state index in [0.717, 1.165) is 10.4 Å². The van der Waals surface area contributed by atoms with E-state index in [2.05, 4.69) is 33.3 Å². The van der Waals surface area contributed by atoms with Gasteiger partial charge in [-0.2, -0.15) is 0 Å². The van der Waals surface area contributed by atoms with E-state index in [-0.39, 0.29) is 0 Å². The molecule has 0 saturated carbocycles. The minimum Gasteiger partial charge on any atom is -0.302 e. The standard InChI is InChI=1S/C7H14N/c1-7-4-5-8(2,3)6-7/h4-5,7H,6H2,1-3H3/q+1/t7-/m0/s1. The molecular weight excluding hydrogens is 98.1 g/mol. The fraction of sp³-hybridized carbons (Fsp3) is 0.714. The van der Waals surface area contributed by atoms with E-state index in [4.69, 9.17) is 0 Å². The van der Waals surface area contributed by atoms with Crippen LogP contribution in [0.3, 0.4) is 0 Å². The molecule has 0 aromatic rings. The Bertz CT molecular complexity index is 114. The molecule has 8 heavy (non-hydrogen) atoms. The third-order valence-corrected chi connectivity index (χ3v) is 1.58. The van der Waals surface area contributed by atoms with Crippen LogP contribution in [0.15, 0.2) is 12.3 Å². The number of rotatable bonds is 0. The summed E-state index contributed by atoms with van der Waals surface area (Å²) in [5, 5.41) is 0. The highest BCUT2D eigenvalue weighted by molar-refractivity contribution is 4.86. The van der Waals surface area contributed by atoms with Crippen molar-refractivity contribution in [1.82, 2.24) is 0 Å². The summed E-state index contributed by atoms with van der Waals surface area (Å²) in [7, 11) is 4.44. The molecule has 0 fully saturated rings. The maximum atomic E-state index is 2.28. The summed E-state index contributed by atoms with van der Waals surface area (Å²) < 4.78 is 1.06. The maximum Gasteiger partial charge on any atom is 0.0918 e. The van der Waals surface area contributed by atoms with Crippen LogP contribution in [0.1, 0.15) is 6.92 Å². The smallest absolute Gasteiger partial charge is 0.0918 e.